The number of thioether (sulfide) groups is 1. The van der Waals surface area contributed by atoms with Gasteiger partial charge in [0.1, 0.15) is 6.54 Å². The van der Waals surface area contributed by atoms with Crippen LogP contribution in [0.4, 0.5) is 18.9 Å². The van der Waals surface area contributed by atoms with Gasteiger partial charge in [-0.1, -0.05) is 0 Å². The highest BCUT2D eigenvalue weighted by atomic mass is 32.2. The molecule has 24 heavy (non-hydrogen) atoms. The van der Waals surface area contributed by atoms with Crippen molar-refractivity contribution in [3.8, 4) is 0 Å². The van der Waals surface area contributed by atoms with Gasteiger partial charge in [0.05, 0.1) is 15.4 Å². The molecule has 0 heterocycles. The SMILES string of the molecule is CSc1ccc(C(=O)O[C@@H](C)C(=O)NCC(F)(F)F)cc1[N+](=O)[O-]. The fourth-order valence-electron chi connectivity index (χ4n) is 1.57. The van der Waals surface area contributed by atoms with Gasteiger partial charge < -0.3 is 10.1 Å². The highest BCUT2D eigenvalue weighted by Crippen LogP contribution is 2.28. The Bertz CT molecular complexity index is 651. The number of ether oxygens (including phenoxy) is 1. The van der Waals surface area contributed by atoms with Crippen LogP contribution in [0.2, 0.25) is 0 Å². The minimum absolute atomic E-state index is 0.185. The maximum absolute atomic E-state index is 12.0. The second-order valence-corrected chi connectivity index (χ2v) is 5.37. The number of nitrogens with zero attached hydrogens (tertiary/aromatic N) is 1. The van der Waals surface area contributed by atoms with Gasteiger partial charge in [-0.2, -0.15) is 13.2 Å². The Balaban J connectivity index is 2.79. The van der Waals surface area contributed by atoms with Crippen LogP contribution in [-0.4, -0.2) is 41.9 Å². The van der Waals surface area contributed by atoms with Crippen molar-refractivity contribution in [1.29, 1.82) is 0 Å². The van der Waals surface area contributed by atoms with E-state index in [1.807, 2.05) is 0 Å². The van der Waals surface area contributed by atoms with E-state index in [4.69, 9.17) is 4.74 Å². The molecule has 1 amide bonds. The molecule has 1 aromatic rings. The van der Waals surface area contributed by atoms with Crippen LogP contribution < -0.4 is 5.32 Å². The molecule has 132 valence electrons. The summed E-state index contributed by atoms with van der Waals surface area (Å²) < 4.78 is 40.8. The van der Waals surface area contributed by atoms with Gasteiger partial charge >= 0.3 is 12.1 Å². The molecule has 0 saturated carbocycles. The maximum Gasteiger partial charge on any atom is 0.405 e. The molecule has 0 saturated heterocycles. The first-order valence-corrected chi connectivity index (χ1v) is 7.65. The molecule has 0 aliphatic carbocycles. The Morgan fingerprint density at radius 3 is 2.54 bits per heavy atom. The van der Waals surface area contributed by atoms with Gasteiger partial charge in [0.15, 0.2) is 6.10 Å². The first kappa shape index (κ1) is 19.7. The monoisotopic (exact) mass is 366 g/mol. The van der Waals surface area contributed by atoms with Crippen LogP contribution >= 0.6 is 11.8 Å². The lowest BCUT2D eigenvalue weighted by Crippen LogP contribution is -2.40. The average Bonchev–Trinajstić information content (AvgIpc) is 2.50. The van der Waals surface area contributed by atoms with Crippen LogP contribution in [0.3, 0.4) is 0 Å². The molecule has 0 bridgehead atoms. The Morgan fingerprint density at radius 1 is 1.42 bits per heavy atom. The summed E-state index contributed by atoms with van der Waals surface area (Å²) in [4.78, 5) is 33.9. The zero-order valence-corrected chi connectivity index (χ0v) is 13.4. The summed E-state index contributed by atoms with van der Waals surface area (Å²) in [6.07, 6.45) is -4.46. The molecule has 0 fully saturated rings. The summed E-state index contributed by atoms with van der Waals surface area (Å²) >= 11 is 1.11. The number of esters is 1. The lowest BCUT2D eigenvalue weighted by atomic mass is 10.2. The molecular weight excluding hydrogens is 353 g/mol. The van der Waals surface area contributed by atoms with Gasteiger partial charge in [-0.15, -0.1) is 11.8 Å². The number of benzene rings is 1. The lowest BCUT2D eigenvalue weighted by molar-refractivity contribution is -0.387. The summed E-state index contributed by atoms with van der Waals surface area (Å²) in [5.41, 5.74) is -0.499. The highest BCUT2D eigenvalue weighted by molar-refractivity contribution is 7.98. The third-order valence-corrected chi connectivity index (χ3v) is 3.51. The van der Waals surface area contributed by atoms with Crippen LogP contribution in [0.5, 0.6) is 0 Å². The number of carbonyl (C=O) groups excluding carboxylic acids is 2. The molecule has 1 rings (SSSR count). The topological polar surface area (TPSA) is 98.5 Å². The molecular formula is C13H13F3N2O5S. The molecule has 1 atom stereocenters. The number of nitro benzene ring substituents is 1. The van der Waals surface area contributed by atoms with E-state index >= 15 is 0 Å². The van der Waals surface area contributed by atoms with Gasteiger partial charge in [0, 0.05) is 6.07 Å². The Hall–Kier alpha value is -2.30. The maximum atomic E-state index is 12.0. The van der Waals surface area contributed by atoms with Crippen LogP contribution in [-0.2, 0) is 9.53 Å². The molecule has 0 aliphatic rings. The van der Waals surface area contributed by atoms with Crippen LogP contribution in [0.15, 0.2) is 23.1 Å². The van der Waals surface area contributed by atoms with Crippen LogP contribution in [0, 0.1) is 10.1 Å². The predicted molar refractivity (Wildman–Crippen MR) is 78.8 cm³/mol. The van der Waals surface area contributed by atoms with Crippen molar-refractivity contribution < 1.29 is 32.4 Å². The molecule has 1 aromatic carbocycles. The standard InChI is InChI=1S/C13H13F3N2O5S/c1-7(11(19)17-6-13(14,15)16)23-12(20)8-3-4-10(24-2)9(5-8)18(21)22/h3-5,7H,6H2,1-2H3,(H,17,19)/t7-/m0/s1. The summed E-state index contributed by atoms with van der Waals surface area (Å²) in [7, 11) is 0. The molecule has 0 spiro atoms. The highest BCUT2D eigenvalue weighted by Gasteiger charge is 2.29. The molecule has 0 radical (unpaired) electrons. The first-order valence-electron chi connectivity index (χ1n) is 6.43. The van der Waals surface area contributed by atoms with Crippen molar-refractivity contribution in [3.63, 3.8) is 0 Å². The van der Waals surface area contributed by atoms with Crippen LogP contribution in [0.1, 0.15) is 17.3 Å². The summed E-state index contributed by atoms with van der Waals surface area (Å²) in [6.45, 7) is -0.462. The van der Waals surface area contributed by atoms with E-state index in [-0.39, 0.29) is 11.3 Å². The van der Waals surface area contributed by atoms with Gasteiger partial charge in [0.2, 0.25) is 0 Å². The van der Waals surface area contributed by atoms with Crippen molar-refractivity contribution in [3.05, 3.63) is 33.9 Å². The average molecular weight is 366 g/mol. The smallest absolute Gasteiger partial charge is 0.405 e. The number of nitrogens with one attached hydrogen (secondary N) is 1. The quantitative estimate of drug-likeness (QED) is 0.360. The lowest BCUT2D eigenvalue weighted by Gasteiger charge is -2.14. The van der Waals surface area contributed by atoms with Gasteiger partial charge in [-0.25, -0.2) is 4.79 Å². The fourth-order valence-corrected chi connectivity index (χ4v) is 2.12. The van der Waals surface area contributed by atoms with E-state index in [2.05, 4.69) is 0 Å². The molecule has 0 aromatic heterocycles. The third-order valence-electron chi connectivity index (χ3n) is 2.73. The van der Waals surface area contributed by atoms with Crippen molar-refractivity contribution >= 4 is 29.3 Å². The Kier molecular flexibility index (Phi) is 6.58. The van der Waals surface area contributed by atoms with Crippen molar-refractivity contribution in [1.82, 2.24) is 5.32 Å². The molecule has 1 N–H and O–H groups in total. The van der Waals surface area contributed by atoms with Crippen molar-refractivity contribution in [2.45, 2.75) is 24.1 Å². The van der Waals surface area contributed by atoms with E-state index in [0.717, 1.165) is 24.8 Å². The number of amides is 1. The predicted octanol–water partition coefficient (Wildman–Crippen LogP) is 2.54. The second-order valence-electron chi connectivity index (χ2n) is 4.52. The number of nitro groups is 1. The number of rotatable bonds is 6. The minimum atomic E-state index is -4.59. The number of halogens is 3. The molecule has 7 nitrogen and oxygen atoms in total. The van der Waals surface area contributed by atoms with E-state index in [0.29, 0.717) is 4.90 Å². The van der Waals surface area contributed by atoms with Crippen LogP contribution in [0.25, 0.3) is 0 Å². The summed E-state index contributed by atoms with van der Waals surface area (Å²) in [6, 6.07) is 3.59. The number of hydrogen-bond acceptors (Lipinski definition) is 6. The number of carbonyl (C=O) groups is 2. The van der Waals surface area contributed by atoms with Gasteiger partial charge in [0.25, 0.3) is 11.6 Å². The Morgan fingerprint density at radius 2 is 2.04 bits per heavy atom. The van der Waals surface area contributed by atoms with Gasteiger partial charge in [-0.3, -0.25) is 14.9 Å². The van der Waals surface area contributed by atoms with E-state index in [1.165, 1.54) is 12.1 Å². The van der Waals surface area contributed by atoms with Crippen molar-refractivity contribution in [2.24, 2.45) is 0 Å². The normalized spacial score (nSPS) is 12.4. The van der Waals surface area contributed by atoms with E-state index in [1.54, 1.807) is 11.6 Å². The largest absolute Gasteiger partial charge is 0.449 e. The summed E-state index contributed by atoms with van der Waals surface area (Å²) in [5.74, 6) is -2.18. The third kappa shape index (κ3) is 5.72. The summed E-state index contributed by atoms with van der Waals surface area (Å²) in [5, 5.41) is 12.5. The zero-order chi connectivity index (χ0) is 18.5. The molecule has 11 heteroatoms. The molecule has 0 unspecified atom stereocenters. The van der Waals surface area contributed by atoms with E-state index in [9.17, 15) is 32.9 Å². The van der Waals surface area contributed by atoms with Gasteiger partial charge in [-0.05, 0) is 25.3 Å². The zero-order valence-electron chi connectivity index (χ0n) is 12.5. The number of alkyl halides is 3. The Labute approximate surface area is 138 Å². The first-order chi connectivity index (χ1) is 11.0. The fraction of sp³-hybridized carbons (Fsp3) is 0.385. The minimum Gasteiger partial charge on any atom is -0.449 e. The second kappa shape index (κ2) is 7.99. The van der Waals surface area contributed by atoms with E-state index < -0.39 is 35.6 Å². The molecule has 0 aliphatic heterocycles. The van der Waals surface area contributed by atoms with Crippen molar-refractivity contribution in [2.75, 3.05) is 12.8 Å². The number of hydrogen-bond donors (Lipinski definition) is 1.